The van der Waals surface area contributed by atoms with Crippen LogP contribution in [0.1, 0.15) is 19.3 Å². The molecule has 0 aromatic rings. The van der Waals surface area contributed by atoms with Gasteiger partial charge in [0.25, 0.3) is 0 Å². The lowest BCUT2D eigenvalue weighted by atomic mass is 10.0. The lowest BCUT2D eigenvalue weighted by Crippen LogP contribution is -2.48. The summed E-state index contributed by atoms with van der Waals surface area (Å²) in [5.41, 5.74) is 0. The largest absolute Gasteiger partial charge is 0.480 e. The van der Waals surface area contributed by atoms with Crippen LogP contribution in [0.15, 0.2) is 0 Å². The van der Waals surface area contributed by atoms with Gasteiger partial charge in [-0.05, 0) is 24.7 Å². The first-order valence-corrected chi connectivity index (χ1v) is 7.68. The number of likely N-dealkylation sites (tertiary alicyclic amines) is 1. The Morgan fingerprint density at radius 1 is 1.17 bits per heavy atom. The SMILES string of the molecule is O=C(O)[C@@H]1CSCN1C(=O)N1CC2CCCC2C1. The summed E-state index contributed by atoms with van der Waals surface area (Å²) >= 11 is 1.52. The zero-order valence-electron chi connectivity index (χ0n) is 10.2. The van der Waals surface area contributed by atoms with Crippen LogP contribution >= 0.6 is 11.8 Å². The average molecular weight is 270 g/mol. The van der Waals surface area contributed by atoms with Gasteiger partial charge in [0.15, 0.2) is 0 Å². The molecule has 2 amide bonds. The van der Waals surface area contributed by atoms with Gasteiger partial charge in [0.05, 0.1) is 5.88 Å². The Labute approximate surface area is 110 Å². The molecule has 3 fully saturated rings. The molecule has 1 saturated carbocycles. The van der Waals surface area contributed by atoms with E-state index in [2.05, 4.69) is 0 Å². The van der Waals surface area contributed by atoms with Crippen molar-refractivity contribution in [3.8, 4) is 0 Å². The molecule has 0 aromatic heterocycles. The third-order valence-corrected chi connectivity index (χ3v) is 5.42. The van der Waals surface area contributed by atoms with Crippen molar-refractivity contribution in [2.45, 2.75) is 25.3 Å². The molecule has 0 radical (unpaired) electrons. The molecule has 5 nitrogen and oxygen atoms in total. The van der Waals surface area contributed by atoms with Crippen LogP contribution in [0.4, 0.5) is 4.79 Å². The molecule has 6 heteroatoms. The van der Waals surface area contributed by atoms with Crippen molar-refractivity contribution < 1.29 is 14.7 Å². The highest BCUT2D eigenvalue weighted by Gasteiger charge is 2.42. The Hall–Kier alpha value is -0.910. The number of aliphatic carboxylic acids is 1. The fourth-order valence-electron chi connectivity index (χ4n) is 3.41. The van der Waals surface area contributed by atoms with Crippen LogP contribution in [-0.4, -0.2) is 57.7 Å². The maximum Gasteiger partial charge on any atom is 0.327 e. The van der Waals surface area contributed by atoms with Crippen molar-refractivity contribution in [3.63, 3.8) is 0 Å². The molecular weight excluding hydrogens is 252 g/mol. The van der Waals surface area contributed by atoms with E-state index < -0.39 is 12.0 Å². The number of carbonyl (C=O) groups is 2. The van der Waals surface area contributed by atoms with Gasteiger partial charge in [0.2, 0.25) is 0 Å². The van der Waals surface area contributed by atoms with E-state index in [-0.39, 0.29) is 6.03 Å². The molecule has 0 spiro atoms. The van der Waals surface area contributed by atoms with Crippen LogP contribution in [0.2, 0.25) is 0 Å². The number of carboxylic acids is 1. The van der Waals surface area contributed by atoms with Gasteiger partial charge in [0, 0.05) is 18.8 Å². The van der Waals surface area contributed by atoms with E-state index >= 15 is 0 Å². The molecule has 0 aromatic carbocycles. The summed E-state index contributed by atoms with van der Waals surface area (Å²) in [6, 6.07) is -0.704. The minimum atomic E-state index is -0.882. The molecule has 2 saturated heterocycles. The van der Waals surface area contributed by atoms with E-state index in [9.17, 15) is 9.59 Å². The number of carboxylic acid groups (broad SMARTS) is 1. The normalized spacial score (nSPS) is 35.0. The number of hydrogen-bond acceptors (Lipinski definition) is 3. The summed E-state index contributed by atoms with van der Waals surface area (Å²) in [7, 11) is 0. The van der Waals surface area contributed by atoms with Crippen molar-refractivity contribution in [2.24, 2.45) is 11.8 Å². The van der Waals surface area contributed by atoms with Gasteiger partial charge in [-0.15, -0.1) is 11.8 Å². The molecule has 2 heterocycles. The van der Waals surface area contributed by atoms with Gasteiger partial charge in [-0.2, -0.15) is 0 Å². The van der Waals surface area contributed by atoms with E-state index in [4.69, 9.17) is 5.11 Å². The number of amides is 2. The quantitative estimate of drug-likeness (QED) is 0.780. The van der Waals surface area contributed by atoms with E-state index in [1.54, 1.807) is 0 Å². The topological polar surface area (TPSA) is 60.9 Å². The maximum absolute atomic E-state index is 12.4. The zero-order valence-corrected chi connectivity index (χ0v) is 11.1. The van der Waals surface area contributed by atoms with Crippen molar-refractivity contribution >= 4 is 23.8 Å². The number of thioether (sulfide) groups is 1. The molecule has 2 aliphatic heterocycles. The predicted octanol–water partition coefficient (Wildman–Crippen LogP) is 1.30. The lowest BCUT2D eigenvalue weighted by Gasteiger charge is -2.27. The smallest absolute Gasteiger partial charge is 0.327 e. The molecule has 100 valence electrons. The third kappa shape index (κ3) is 1.96. The third-order valence-electron chi connectivity index (χ3n) is 4.41. The fraction of sp³-hybridized carbons (Fsp3) is 0.833. The zero-order chi connectivity index (χ0) is 12.7. The minimum absolute atomic E-state index is 0.0678. The second-order valence-corrected chi connectivity index (χ2v) is 6.46. The Bertz CT molecular complexity index is 364. The molecule has 1 N–H and O–H groups in total. The van der Waals surface area contributed by atoms with E-state index in [1.165, 1.54) is 35.9 Å². The minimum Gasteiger partial charge on any atom is -0.480 e. The van der Waals surface area contributed by atoms with Gasteiger partial charge in [-0.3, -0.25) is 0 Å². The number of hydrogen-bond donors (Lipinski definition) is 1. The van der Waals surface area contributed by atoms with Crippen molar-refractivity contribution in [3.05, 3.63) is 0 Å². The number of fused-ring (bicyclic) bond motifs is 1. The van der Waals surface area contributed by atoms with Crippen LogP contribution < -0.4 is 0 Å². The second-order valence-electron chi connectivity index (χ2n) is 5.46. The van der Waals surface area contributed by atoms with Crippen LogP contribution in [-0.2, 0) is 4.79 Å². The Balaban J connectivity index is 1.66. The molecule has 0 bridgehead atoms. The highest BCUT2D eigenvalue weighted by molar-refractivity contribution is 7.99. The van der Waals surface area contributed by atoms with Crippen LogP contribution in [0.5, 0.6) is 0 Å². The lowest BCUT2D eigenvalue weighted by molar-refractivity contribution is -0.140. The number of urea groups is 1. The van der Waals surface area contributed by atoms with Crippen molar-refractivity contribution in [1.29, 1.82) is 0 Å². The summed E-state index contributed by atoms with van der Waals surface area (Å²) < 4.78 is 0. The number of rotatable bonds is 1. The predicted molar refractivity (Wildman–Crippen MR) is 68.4 cm³/mol. The fourth-order valence-corrected chi connectivity index (χ4v) is 4.55. The molecule has 3 rings (SSSR count). The van der Waals surface area contributed by atoms with E-state index in [1.807, 2.05) is 4.90 Å². The van der Waals surface area contributed by atoms with Crippen LogP contribution in [0.25, 0.3) is 0 Å². The van der Waals surface area contributed by atoms with Gasteiger partial charge in [-0.25, -0.2) is 9.59 Å². The summed E-state index contributed by atoms with van der Waals surface area (Å²) in [5.74, 6) is 1.47. The monoisotopic (exact) mass is 270 g/mol. The van der Waals surface area contributed by atoms with Gasteiger partial charge in [-0.1, -0.05) is 6.42 Å². The Kier molecular flexibility index (Phi) is 3.13. The Morgan fingerprint density at radius 2 is 1.83 bits per heavy atom. The second kappa shape index (κ2) is 4.64. The standard InChI is InChI=1S/C12H18N2O3S/c15-11(16)10-6-18-7-14(10)12(17)13-4-8-2-1-3-9(8)5-13/h8-10H,1-7H2,(H,15,16)/t8?,9?,10-/m0/s1. The summed E-state index contributed by atoms with van der Waals surface area (Å²) in [5, 5.41) is 9.11. The highest BCUT2D eigenvalue weighted by atomic mass is 32.2. The van der Waals surface area contributed by atoms with E-state index in [0.29, 0.717) is 23.5 Å². The molecule has 1 aliphatic carbocycles. The first-order chi connectivity index (χ1) is 8.66. The molecule has 3 atom stereocenters. The van der Waals surface area contributed by atoms with Crippen LogP contribution in [0.3, 0.4) is 0 Å². The first kappa shape index (κ1) is 12.1. The molecule has 3 aliphatic rings. The maximum atomic E-state index is 12.4. The van der Waals surface area contributed by atoms with E-state index in [0.717, 1.165) is 13.1 Å². The van der Waals surface area contributed by atoms with Crippen LogP contribution in [0, 0.1) is 11.8 Å². The number of nitrogens with zero attached hydrogens (tertiary/aromatic N) is 2. The van der Waals surface area contributed by atoms with Crippen molar-refractivity contribution in [2.75, 3.05) is 24.7 Å². The average Bonchev–Trinajstić information content (AvgIpc) is 3.02. The molecular formula is C12H18N2O3S. The van der Waals surface area contributed by atoms with Gasteiger partial charge in [0.1, 0.15) is 6.04 Å². The van der Waals surface area contributed by atoms with Gasteiger partial charge >= 0.3 is 12.0 Å². The molecule has 18 heavy (non-hydrogen) atoms. The molecule has 2 unspecified atom stereocenters. The summed E-state index contributed by atoms with van der Waals surface area (Å²) in [6.45, 7) is 1.66. The van der Waals surface area contributed by atoms with Crippen molar-refractivity contribution in [1.82, 2.24) is 9.80 Å². The number of carbonyl (C=O) groups excluding carboxylic acids is 1. The first-order valence-electron chi connectivity index (χ1n) is 6.53. The summed E-state index contributed by atoms with van der Waals surface area (Å²) in [6.07, 6.45) is 3.74. The van der Waals surface area contributed by atoms with Gasteiger partial charge < -0.3 is 14.9 Å². The summed E-state index contributed by atoms with van der Waals surface area (Å²) in [4.78, 5) is 26.9. The Morgan fingerprint density at radius 3 is 2.44 bits per heavy atom. The highest BCUT2D eigenvalue weighted by Crippen LogP contribution is 2.38.